The van der Waals surface area contributed by atoms with Crippen molar-refractivity contribution >= 4 is 15.9 Å². The lowest BCUT2D eigenvalue weighted by molar-refractivity contribution is 0.296. The van der Waals surface area contributed by atoms with Crippen molar-refractivity contribution in [3.05, 3.63) is 51.3 Å². The number of hydrogen-bond donors (Lipinski definition) is 0. The van der Waals surface area contributed by atoms with E-state index in [2.05, 4.69) is 20.9 Å². The van der Waals surface area contributed by atoms with Crippen LogP contribution in [0.3, 0.4) is 0 Å². The summed E-state index contributed by atoms with van der Waals surface area (Å²) in [6, 6.07) is 5.96. The minimum absolute atomic E-state index is 0.435. The Hall–Kier alpha value is -1.55. The second-order valence-electron chi connectivity index (χ2n) is 4.74. The Bertz CT molecular complexity index is 626. The number of pyridine rings is 1. The van der Waals surface area contributed by atoms with E-state index in [1.165, 1.54) is 0 Å². The second-order valence-corrected chi connectivity index (χ2v) is 5.66. The molecule has 1 heterocycles. The van der Waals surface area contributed by atoms with Gasteiger partial charge in [-0.05, 0) is 44.5 Å². The van der Waals surface area contributed by atoms with Crippen molar-refractivity contribution in [2.24, 2.45) is 0 Å². The van der Waals surface area contributed by atoms with Crippen LogP contribution in [0.15, 0.2) is 28.9 Å². The Morgan fingerprint density at radius 1 is 1.15 bits per heavy atom. The molecule has 0 amide bonds. The molecule has 0 unspecified atom stereocenters. The van der Waals surface area contributed by atoms with Gasteiger partial charge in [-0.2, -0.15) is 0 Å². The van der Waals surface area contributed by atoms with Gasteiger partial charge in [0.05, 0.1) is 12.8 Å². The lowest BCUT2D eigenvalue weighted by atomic mass is 10.1. The van der Waals surface area contributed by atoms with Crippen LogP contribution in [-0.2, 0) is 6.61 Å². The van der Waals surface area contributed by atoms with Crippen molar-refractivity contribution in [3.8, 4) is 11.5 Å². The van der Waals surface area contributed by atoms with Gasteiger partial charge in [-0.3, -0.25) is 4.98 Å². The molecule has 0 fully saturated rings. The van der Waals surface area contributed by atoms with Gasteiger partial charge in [0.15, 0.2) is 0 Å². The standard InChI is InChI=1S/C16H18BrNO2/c1-10-7-13(17)5-6-15(10)20-9-14-12(3)16(19-4)11(2)8-18-14/h5-8H,9H2,1-4H3. The number of benzene rings is 1. The molecule has 0 spiro atoms. The Kier molecular flexibility index (Phi) is 4.65. The van der Waals surface area contributed by atoms with Gasteiger partial charge < -0.3 is 9.47 Å². The van der Waals surface area contributed by atoms with Gasteiger partial charge >= 0.3 is 0 Å². The van der Waals surface area contributed by atoms with Crippen LogP contribution in [0.4, 0.5) is 0 Å². The summed E-state index contributed by atoms with van der Waals surface area (Å²) in [6.45, 7) is 6.45. The molecule has 0 N–H and O–H groups in total. The topological polar surface area (TPSA) is 31.4 Å². The molecule has 1 aromatic heterocycles. The maximum Gasteiger partial charge on any atom is 0.131 e. The highest BCUT2D eigenvalue weighted by molar-refractivity contribution is 9.10. The summed E-state index contributed by atoms with van der Waals surface area (Å²) in [5, 5.41) is 0. The number of halogens is 1. The first-order valence-electron chi connectivity index (χ1n) is 6.41. The summed E-state index contributed by atoms with van der Waals surface area (Å²) in [6.07, 6.45) is 1.82. The van der Waals surface area contributed by atoms with Gasteiger partial charge in [-0.1, -0.05) is 15.9 Å². The maximum absolute atomic E-state index is 5.86. The van der Waals surface area contributed by atoms with Crippen molar-refractivity contribution in [2.45, 2.75) is 27.4 Å². The SMILES string of the molecule is COc1c(C)cnc(COc2ccc(Br)cc2C)c1C. The molecule has 0 radical (unpaired) electrons. The van der Waals surface area contributed by atoms with Crippen LogP contribution in [0, 0.1) is 20.8 Å². The first kappa shape index (κ1) is 14.9. The molecule has 0 aliphatic rings. The van der Waals surface area contributed by atoms with E-state index in [0.717, 1.165) is 38.4 Å². The summed E-state index contributed by atoms with van der Waals surface area (Å²) < 4.78 is 12.3. The minimum atomic E-state index is 0.435. The summed E-state index contributed by atoms with van der Waals surface area (Å²) in [7, 11) is 1.68. The Morgan fingerprint density at radius 2 is 1.90 bits per heavy atom. The number of ether oxygens (including phenoxy) is 2. The molecule has 2 rings (SSSR count). The van der Waals surface area contributed by atoms with Gasteiger partial charge in [0.1, 0.15) is 18.1 Å². The van der Waals surface area contributed by atoms with E-state index in [4.69, 9.17) is 9.47 Å². The van der Waals surface area contributed by atoms with Gasteiger partial charge in [0.2, 0.25) is 0 Å². The molecular weight excluding hydrogens is 318 g/mol. The Labute approximate surface area is 128 Å². The molecule has 0 saturated heterocycles. The molecule has 0 aliphatic heterocycles. The summed E-state index contributed by atoms with van der Waals surface area (Å²) in [5.41, 5.74) is 4.06. The summed E-state index contributed by atoms with van der Waals surface area (Å²) in [4.78, 5) is 4.43. The van der Waals surface area contributed by atoms with Gasteiger partial charge in [0.25, 0.3) is 0 Å². The van der Waals surface area contributed by atoms with E-state index in [-0.39, 0.29) is 0 Å². The third-order valence-corrected chi connectivity index (χ3v) is 3.74. The molecule has 0 aliphatic carbocycles. The zero-order chi connectivity index (χ0) is 14.7. The highest BCUT2D eigenvalue weighted by Crippen LogP contribution is 2.26. The van der Waals surface area contributed by atoms with Crippen LogP contribution >= 0.6 is 15.9 Å². The van der Waals surface area contributed by atoms with Gasteiger partial charge in [0, 0.05) is 21.8 Å². The van der Waals surface area contributed by atoms with E-state index in [1.807, 2.05) is 45.2 Å². The van der Waals surface area contributed by atoms with Crippen molar-refractivity contribution in [3.63, 3.8) is 0 Å². The molecule has 2 aromatic rings. The predicted octanol–water partition coefficient (Wildman–Crippen LogP) is 4.36. The number of aromatic nitrogens is 1. The van der Waals surface area contributed by atoms with E-state index in [1.54, 1.807) is 7.11 Å². The quantitative estimate of drug-likeness (QED) is 0.831. The number of aryl methyl sites for hydroxylation is 2. The number of hydrogen-bond acceptors (Lipinski definition) is 3. The third-order valence-electron chi connectivity index (χ3n) is 3.25. The molecule has 106 valence electrons. The average Bonchev–Trinajstić information content (AvgIpc) is 2.40. The first-order chi connectivity index (χ1) is 9.52. The normalized spacial score (nSPS) is 10.4. The zero-order valence-corrected chi connectivity index (χ0v) is 13.7. The monoisotopic (exact) mass is 335 g/mol. The van der Waals surface area contributed by atoms with Crippen LogP contribution in [-0.4, -0.2) is 12.1 Å². The summed E-state index contributed by atoms with van der Waals surface area (Å²) in [5.74, 6) is 1.75. The lowest BCUT2D eigenvalue weighted by Gasteiger charge is -2.14. The van der Waals surface area contributed by atoms with Gasteiger partial charge in [-0.25, -0.2) is 0 Å². The largest absolute Gasteiger partial charge is 0.496 e. The molecular formula is C16H18BrNO2. The van der Waals surface area contributed by atoms with Crippen LogP contribution in [0.1, 0.15) is 22.4 Å². The lowest BCUT2D eigenvalue weighted by Crippen LogP contribution is -2.04. The van der Waals surface area contributed by atoms with Crippen LogP contribution in [0.25, 0.3) is 0 Å². The van der Waals surface area contributed by atoms with E-state index in [9.17, 15) is 0 Å². The Balaban J connectivity index is 2.19. The van der Waals surface area contributed by atoms with Crippen molar-refractivity contribution in [1.29, 1.82) is 0 Å². The van der Waals surface area contributed by atoms with E-state index in [0.29, 0.717) is 6.61 Å². The smallest absolute Gasteiger partial charge is 0.131 e. The fourth-order valence-corrected chi connectivity index (χ4v) is 2.61. The fourth-order valence-electron chi connectivity index (χ4n) is 2.14. The maximum atomic E-state index is 5.86. The minimum Gasteiger partial charge on any atom is -0.496 e. The molecule has 20 heavy (non-hydrogen) atoms. The molecule has 0 saturated carbocycles. The van der Waals surface area contributed by atoms with Crippen molar-refractivity contribution in [1.82, 2.24) is 4.98 Å². The molecule has 0 atom stereocenters. The second kappa shape index (κ2) is 6.27. The average molecular weight is 336 g/mol. The van der Waals surface area contributed by atoms with E-state index >= 15 is 0 Å². The molecule has 3 nitrogen and oxygen atoms in total. The first-order valence-corrected chi connectivity index (χ1v) is 7.20. The Morgan fingerprint density at radius 3 is 2.55 bits per heavy atom. The van der Waals surface area contributed by atoms with Crippen LogP contribution in [0.2, 0.25) is 0 Å². The predicted molar refractivity (Wildman–Crippen MR) is 83.5 cm³/mol. The van der Waals surface area contributed by atoms with E-state index < -0.39 is 0 Å². The van der Waals surface area contributed by atoms with Crippen LogP contribution < -0.4 is 9.47 Å². The molecule has 4 heteroatoms. The summed E-state index contributed by atoms with van der Waals surface area (Å²) >= 11 is 3.45. The number of methoxy groups -OCH3 is 1. The molecule has 1 aromatic carbocycles. The number of rotatable bonds is 4. The zero-order valence-electron chi connectivity index (χ0n) is 12.2. The highest BCUT2D eigenvalue weighted by Gasteiger charge is 2.10. The molecule has 0 bridgehead atoms. The van der Waals surface area contributed by atoms with Crippen molar-refractivity contribution in [2.75, 3.05) is 7.11 Å². The van der Waals surface area contributed by atoms with Crippen molar-refractivity contribution < 1.29 is 9.47 Å². The van der Waals surface area contributed by atoms with Gasteiger partial charge in [-0.15, -0.1) is 0 Å². The fraction of sp³-hybridized carbons (Fsp3) is 0.312. The third kappa shape index (κ3) is 3.12. The number of nitrogens with zero attached hydrogens (tertiary/aromatic N) is 1. The highest BCUT2D eigenvalue weighted by atomic mass is 79.9. The van der Waals surface area contributed by atoms with Crippen LogP contribution in [0.5, 0.6) is 11.5 Å².